The van der Waals surface area contributed by atoms with Crippen LogP contribution in [0.1, 0.15) is 32.8 Å². The van der Waals surface area contributed by atoms with Crippen LogP contribution in [-0.4, -0.2) is 60.5 Å². The molecule has 1 aliphatic heterocycles. The summed E-state index contributed by atoms with van der Waals surface area (Å²) in [5.41, 5.74) is 0.952. The van der Waals surface area contributed by atoms with Gasteiger partial charge in [0, 0.05) is 19.1 Å². The highest BCUT2D eigenvalue weighted by molar-refractivity contribution is 5.76. The summed E-state index contributed by atoms with van der Waals surface area (Å²) in [7, 11) is 0. The zero-order valence-corrected chi connectivity index (χ0v) is 14.5. The lowest BCUT2D eigenvalue weighted by atomic mass is 10.0. The molecule has 0 aliphatic carbocycles. The van der Waals surface area contributed by atoms with Gasteiger partial charge in [-0.2, -0.15) is 0 Å². The van der Waals surface area contributed by atoms with Crippen LogP contribution in [0.25, 0.3) is 0 Å². The molecular weight excluding hydrogens is 336 g/mol. The number of likely N-dealkylation sites (tertiary alicyclic amines) is 1. The van der Waals surface area contributed by atoms with Crippen molar-refractivity contribution in [2.45, 2.75) is 45.9 Å². The highest BCUT2D eigenvalue weighted by atomic mass is 16.6. The van der Waals surface area contributed by atoms with Crippen molar-refractivity contribution in [3.8, 4) is 0 Å². The maximum atomic E-state index is 12.1. The molecule has 0 unspecified atom stereocenters. The predicted molar refractivity (Wildman–Crippen MR) is 98.6 cm³/mol. The number of nitrogens with one attached hydrogen (secondary N) is 1. The molecule has 0 spiro atoms. The van der Waals surface area contributed by atoms with Crippen LogP contribution in [0.2, 0.25) is 0 Å². The van der Waals surface area contributed by atoms with Gasteiger partial charge in [0.15, 0.2) is 0 Å². The fraction of sp³-hybridized carbons (Fsp3) is 0.579. The van der Waals surface area contributed by atoms with E-state index >= 15 is 0 Å². The van der Waals surface area contributed by atoms with Crippen molar-refractivity contribution < 1.29 is 24.2 Å². The molecule has 1 amide bonds. The van der Waals surface area contributed by atoms with Gasteiger partial charge in [0.05, 0.1) is 13.2 Å². The van der Waals surface area contributed by atoms with E-state index in [1.54, 1.807) is 11.8 Å². The minimum Gasteiger partial charge on any atom is -0.465 e. The molecule has 7 heteroatoms. The summed E-state index contributed by atoms with van der Waals surface area (Å²) in [5, 5.41) is 12.4. The Morgan fingerprint density at radius 2 is 1.88 bits per heavy atom. The standard InChI is InChI=1S/C18H26N2O5.CH4/c1-2-24-17(22)16(12-21)19-15-8-10-20(11-9-15)18(23)25-13-14-6-4-3-5-7-14;/h3-7,15-16,19,21H,2,8-13H2,1H3;1H4/t16-;/m1./s1. The smallest absolute Gasteiger partial charge is 0.410 e. The summed E-state index contributed by atoms with van der Waals surface area (Å²) >= 11 is 0. The first-order valence-corrected chi connectivity index (χ1v) is 8.63. The Bertz CT molecular complexity index is 544. The first-order chi connectivity index (χ1) is 12.1. The van der Waals surface area contributed by atoms with Crippen molar-refractivity contribution in [2.75, 3.05) is 26.3 Å². The van der Waals surface area contributed by atoms with Crippen LogP contribution < -0.4 is 5.32 Å². The SMILES string of the molecule is C.CCOC(=O)[C@@H](CO)NC1CCN(C(=O)OCc2ccccc2)CC1. The summed E-state index contributed by atoms with van der Waals surface area (Å²) in [6.07, 6.45) is 1.05. The lowest BCUT2D eigenvalue weighted by molar-refractivity contribution is -0.147. The van der Waals surface area contributed by atoms with Gasteiger partial charge in [-0.25, -0.2) is 4.79 Å². The third-order valence-electron chi connectivity index (χ3n) is 4.15. The molecule has 7 nitrogen and oxygen atoms in total. The number of hydrogen-bond acceptors (Lipinski definition) is 6. The maximum absolute atomic E-state index is 12.1. The van der Waals surface area contributed by atoms with Crippen molar-refractivity contribution in [3.63, 3.8) is 0 Å². The second kappa shape index (κ2) is 11.5. The van der Waals surface area contributed by atoms with Crippen LogP contribution in [0, 0.1) is 0 Å². The molecule has 2 N–H and O–H groups in total. The van der Waals surface area contributed by atoms with E-state index < -0.39 is 12.0 Å². The summed E-state index contributed by atoms with van der Waals surface area (Å²) in [6.45, 7) is 3.05. The van der Waals surface area contributed by atoms with Crippen LogP contribution >= 0.6 is 0 Å². The molecule has 1 saturated heterocycles. The van der Waals surface area contributed by atoms with Crippen LogP contribution in [0.5, 0.6) is 0 Å². The Morgan fingerprint density at radius 1 is 1.23 bits per heavy atom. The second-order valence-electron chi connectivity index (χ2n) is 5.96. The van der Waals surface area contributed by atoms with Crippen molar-refractivity contribution in [1.82, 2.24) is 10.2 Å². The van der Waals surface area contributed by atoms with E-state index in [1.807, 2.05) is 30.3 Å². The van der Waals surface area contributed by atoms with Gasteiger partial charge in [-0.1, -0.05) is 37.8 Å². The fourth-order valence-corrected chi connectivity index (χ4v) is 2.76. The van der Waals surface area contributed by atoms with Crippen LogP contribution in [0.15, 0.2) is 30.3 Å². The third kappa shape index (κ3) is 6.65. The lowest BCUT2D eigenvalue weighted by Gasteiger charge is -2.33. The van der Waals surface area contributed by atoms with Crippen LogP contribution in [0.4, 0.5) is 4.79 Å². The molecule has 1 aromatic carbocycles. The quantitative estimate of drug-likeness (QED) is 0.717. The number of carbonyl (C=O) groups excluding carboxylic acids is 2. The average molecular weight is 366 g/mol. The number of amides is 1. The van der Waals surface area contributed by atoms with Crippen LogP contribution in [0.3, 0.4) is 0 Å². The highest BCUT2D eigenvalue weighted by Gasteiger charge is 2.28. The zero-order chi connectivity index (χ0) is 18.1. The number of ether oxygens (including phenoxy) is 2. The minimum atomic E-state index is -0.721. The number of piperidine rings is 1. The topological polar surface area (TPSA) is 88.1 Å². The van der Waals surface area contributed by atoms with Gasteiger partial charge in [-0.05, 0) is 25.3 Å². The summed E-state index contributed by atoms with van der Waals surface area (Å²) in [4.78, 5) is 25.5. The molecule has 1 aliphatic rings. The molecule has 146 valence electrons. The monoisotopic (exact) mass is 366 g/mol. The van der Waals surface area contributed by atoms with Crippen molar-refractivity contribution in [3.05, 3.63) is 35.9 Å². The number of rotatable bonds is 7. The van der Waals surface area contributed by atoms with Crippen molar-refractivity contribution in [1.29, 1.82) is 0 Å². The number of benzene rings is 1. The average Bonchev–Trinajstić information content (AvgIpc) is 2.65. The predicted octanol–water partition coefficient (Wildman–Crippen LogP) is 1.94. The van der Waals surface area contributed by atoms with Gasteiger partial charge in [-0.15, -0.1) is 0 Å². The van der Waals surface area contributed by atoms with E-state index in [9.17, 15) is 14.7 Å². The number of hydrogen-bond donors (Lipinski definition) is 2. The second-order valence-corrected chi connectivity index (χ2v) is 5.96. The molecule has 0 aromatic heterocycles. The summed E-state index contributed by atoms with van der Waals surface area (Å²) < 4.78 is 10.3. The molecule has 1 heterocycles. The summed E-state index contributed by atoms with van der Waals surface area (Å²) in [5.74, 6) is -0.449. The number of esters is 1. The van der Waals surface area contributed by atoms with E-state index in [1.165, 1.54) is 0 Å². The minimum absolute atomic E-state index is 0. The molecule has 0 bridgehead atoms. The van der Waals surface area contributed by atoms with Gasteiger partial charge < -0.3 is 19.5 Å². The Labute approximate surface area is 155 Å². The number of nitrogens with zero attached hydrogens (tertiary/aromatic N) is 1. The van der Waals surface area contributed by atoms with E-state index in [0.717, 1.165) is 5.56 Å². The third-order valence-corrected chi connectivity index (χ3v) is 4.15. The first-order valence-electron chi connectivity index (χ1n) is 8.63. The Morgan fingerprint density at radius 3 is 2.46 bits per heavy atom. The molecule has 1 atom stereocenters. The normalized spacial score (nSPS) is 15.7. The Balaban J connectivity index is 0.00000338. The number of aliphatic hydroxyl groups is 1. The van der Waals surface area contributed by atoms with E-state index in [4.69, 9.17) is 9.47 Å². The van der Waals surface area contributed by atoms with Crippen molar-refractivity contribution >= 4 is 12.1 Å². The van der Waals surface area contributed by atoms with Crippen LogP contribution in [-0.2, 0) is 20.9 Å². The Kier molecular flexibility index (Phi) is 9.69. The number of carbonyl (C=O) groups is 2. The van der Waals surface area contributed by atoms with Crippen molar-refractivity contribution in [2.24, 2.45) is 0 Å². The first kappa shape index (κ1) is 21.9. The highest BCUT2D eigenvalue weighted by Crippen LogP contribution is 2.13. The zero-order valence-electron chi connectivity index (χ0n) is 14.5. The van der Waals surface area contributed by atoms with Gasteiger partial charge in [0.2, 0.25) is 0 Å². The van der Waals surface area contributed by atoms with Gasteiger partial charge in [0.1, 0.15) is 12.6 Å². The van der Waals surface area contributed by atoms with Gasteiger partial charge >= 0.3 is 12.1 Å². The fourth-order valence-electron chi connectivity index (χ4n) is 2.76. The van der Waals surface area contributed by atoms with E-state index in [0.29, 0.717) is 25.9 Å². The maximum Gasteiger partial charge on any atom is 0.410 e. The summed E-state index contributed by atoms with van der Waals surface area (Å²) in [6, 6.07) is 8.88. The lowest BCUT2D eigenvalue weighted by Crippen LogP contribution is -2.51. The number of aliphatic hydroxyl groups excluding tert-OH is 1. The molecule has 2 rings (SSSR count). The molecule has 1 fully saturated rings. The molecule has 0 saturated carbocycles. The van der Waals surface area contributed by atoms with Gasteiger partial charge in [-0.3, -0.25) is 10.1 Å². The Hall–Kier alpha value is -2.12. The van der Waals surface area contributed by atoms with E-state index in [-0.39, 0.29) is 39.4 Å². The largest absolute Gasteiger partial charge is 0.465 e. The molecule has 0 radical (unpaired) electrons. The van der Waals surface area contributed by atoms with E-state index in [2.05, 4.69) is 5.32 Å². The molecule has 26 heavy (non-hydrogen) atoms. The molecular formula is C19H30N2O5. The molecule has 1 aromatic rings. The van der Waals surface area contributed by atoms with Gasteiger partial charge in [0.25, 0.3) is 0 Å².